The van der Waals surface area contributed by atoms with Crippen LogP contribution >= 0.6 is 0 Å². The number of hydrogen-bond donors (Lipinski definition) is 1. The van der Waals surface area contributed by atoms with Crippen LogP contribution in [0.25, 0.3) is 28.2 Å². The Hall–Kier alpha value is -5.74. The molecule has 3 aliphatic rings. The molecule has 248 valence electrons. The summed E-state index contributed by atoms with van der Waals surface area (Å²) >= 11 is 0. The molecule has 1 unspecified atom stereocenters. The van der Waals surface area contributed by atoms with E-state index in [4.69, 9.17) is 0 Å². The van der Waals surface area contributed by atoms with Gasteiger partial charge in [0.1, 0.15) is 0 Å². The number of aryl methyl sites for hydroxylation is 1. The van der Waals surface area contributed by atoms with Crippen LogP contribution in [0.3, 0.4) is 0 Å². The van der Waals surface area contributed by atoms with E-state index in [1.165, 1.54) is 78.1 Å². The number of benzene rings is 5. The third-order valence-corrected chi connectivity index (χ3v) is 11.0. The molecule has 0 spiro atoms. The summed E-state index contributed by atoms with van der Waals surface area (Å²) in [5.41, 5.74) is 19.0. The van der Waals surface area contributed by atoms with Crippen LogP contribution in [0.4, 0.5) is 22.7 Å². The van der Waals surface area contributed by atoms with Crippen molar-refractivity contribution in [2.24, 2.45) is 5.92 Å². The normalized spacial score (nSPS) is 18.1. The zero-order valence-corrected chi connectivity index (χ0v) is 29.7. The van der Waals surface area contributed by atoms with E-state index < -0.39 is 0 Å². The third-order valence-electron chi connectivity index (χ3n) is 11.0. The Balaban J connectivity index is 1.36. The van der Waals surface area contributed by atoms with Gasteiger partial charge in [-0.25, -0.2) is 0 Å². The molecule has 0 bridgehead atoms. The van der Waals surface area contributed by atoms with E-state index in [-0.39, 0.29) is 0 Å². The van der Waals surface area contributed by atoms with Crippen molar-refractivity contribution in [1.29, 1.82) is 0 Å². The first-order valence-corrected chi connectivity index (χ1v) is 18.4. The molecule has 1 aromatic heterocycles. The first kappa shape index (κ1) is 31.3. The van der Waals surface area contributed by atoms with Gasteiger partial charge in [0, 0.05) is 50.7 Å². The molecular formula is C47H42BN3. The van der Waals surface area contributed by atoms with Crippen LogP contribution in [0.1, 0.15) is 54.6 Å². The predicted octanol–water partition coefficient (Wildman–Crippen LogP) is 11.8. The van der Waals surface area contributed by atoms with Crippen molar-refractivity contribution in [1.82, 2.24) is 4.57 Å². The van der Waals surface area contributed by atoms with Crippen molar-refractivity contribution in [3.05, 3.63) is 184 Å². The Morgan fingerprint density at radius 2 is 1.53 bits per heavy atom. The Morgan fingerprint density at radius 3 is 2.35 bits per heavy atom. The van der Waals surface area contributed by atoms with E-state index in [0.717, 1.165) is 37.9 Å². The zero-order chi connectivity index (χ0) is 34.5. The molecule has 0 fully saturated rings. The number of allylic oxidation sites excluding steroid dienone is 5. The number of nitrogens with zero attached hydrogens (tertiary/aromatic N) is 2. The van der Waals surface area contributed by atoms with Gasteiger partial charge in [-0.15, -0.1) is 0 Å². The molecule has 0 saturated heterocycles. The summed E-state index contributed by atoms with van der Waals surface area (Å²) in [6.07, 6.45) is 12.6. The number of rotatable bonds is 5. The fraction of sp³-hybridized carbons (Fsp3) is 0.149. The van der Waals surface area contributed by atoms with Crippen molar-refractivity contribution >= 4 is 52.6 Å². The smallest absolute Gasteiger partial charge is 0.185 e. The first-order valence-electron chi connectivity index (χ1n) is 18.4. The van der Waals surface area contributed by atoms with E-state index in [1.807, 2.05) is 0 Å². The maximum Gasteiger partial charge on any atom is 0.185 e. The van der Waals surface area contributed by atoms with E-state index in [2.05, 4.69) is 181 Å². The van der Waals surface area contributed by atoms with Crippen molar-refractivity contribution in [2.45, 2.75) is 40.0 Å². The molecule has 9 rings (SSSR count). The molecule has 4 heteroatoms. The topological polar surface area (TPSA) is 20.2 Å². The van der Waals surface area contributed by atoms with Gasteiger partial charge in [-0.1, -0.05) is 116 Å². The Kier molecular flexibility index (Phi) is 7.88. The lowest BCUT2D eigenvalue weighted by atomic mass is 9.54. The number of para-hydroxylation sites is 2. The van der Waals surface area contributed by atoms with E-state index in [1.54, 1.807) is 0 Å². The highest BCUT2D eigenvalue weighted by molar-refractivity contribution is 6.56. The number of aromatic nitrogens is 1. The standard InChI is InChI=1S/C47H42BN3/c1-31-16-10-11-22-37(31)45-33(3)48-47-32(2)17-14-27-43(47)51(42-26-15-24-40(46(42)45)49-34-18-6-4-7-19-34)36-28-29-39-38-23-12-13-25-41(38)50(44(39)30-36)35-20-8-5-9-21-35/h4-12,14-16,18-24,26-30,32,48-49H,13,17,25H2,1-3H3/b45-33-. The number of anilines is 4. The molecule has 5 aromatic carbocycles. The summed E-state index contributed by atoms with van der Waals surface area (Å²) in [6, 6.07) is 44.3. The van der Waals surface area contributed by atoms with Gasteiger partial charge in [-0.2, -0.15) is 0 Å². The molecule has 2 heterocycles. The van der Waals surface area contributed by atoms with Gasteiger partial charge in [0.05, 0.1) is 11.2 Å². The maximum absolute atomic E-state index is 3.86. The van der Waals surface area contributed by atoms with Crippen molar-refractivity contribution in [2.75, 3.05) is 10.2 Å². The summed E-state index contributed by atoms with van der Waals surface area (Å²) < 4.78 is 2.51. The van der Waals surface area contributed by atoms with Crippen molar-refractivity contribution < 1.29 is 0 Å². The molecule has 1 atom stereocenters. The predicted molar refractivity (Wildman–Crippen MR) is 219 cm³/mol. The molecule has 0 amide bonds. The summed E-state index contributed by atoms with van der Waals surface area (Å²) in [5, 5.41) is 5.16. The Morgan fingerprint density at radius 1 is 0.745 bits per heavy atom. The number of hydrogen-bond acceptors (Lipinski definition) is 2. The fourth-order valence-corrected chi connectivity index (χ4v) is 8.57. The highest BCUT2D eigenvalue weighted by Gasteiger charge is 2.32. The van der Waals surface area contributed by atoms with Gasteiger partial charge in [0.15, 0.2) is 7.28 Å². The summed E-state index contributed by atoms with van der Waals surface area (Å²) in [4.78, 5) is 2.56. The van der Waals surface area contributed by atoms with Gasteiger partial charge < -0.3 is 14.8 Å². The minimum absolute atomic E-state index is 0.433. The minimum atomic E-state index is 0.433. The summed E-state index contributed by atoms with van der Waals surface area (Å²) in [5.74, 6) is 0.433. The molecule has 3 nitrogen and oxygen atoms in total. The lowest BCUT2D eigenvalue weighted by Gasteiger charge is -2.37. The third kappa shape index (κ3) is 5.38. The Labute approximate surface area is 302 Å². The molecular weight excluding hydrogens is 617 g/mol. The van der Waals surface area contributed by atoms with Crippen LogP contribution < -0.4 is 10.2 Å². The quantitative estimate of drug-likeness (QED) is 0.186. The number of nitrogens with one attached hydrogen (secondary N) is 1. The highest BCUT2D eigenvalue weighted by Crippen LogP contribution is 2.49. The molecule has 1 aliphatic heterocycles. The van der Waals surface area contributed by atoms with Crippen molar-refractivity contribution in [3.8, 4) is 5.69 Å². The SMILES string of the molecule is C/C1=C(\c2ccccc2C)c2c(Nc3ccccc3)cccc2N(c2ccc3c4c(n(-c5ccccc5)c3c2)CCC=C4)C2=C(B1)C(C)CC=C2. The van der Waals surface area contributed by atoms with Gasteiger partial charge >= 0.3 is 0 Å². The van der Waals surface area contributed by atoms with Gasteiger partial charge in [-0.3, -0.25) is 0 Å². The second-order valence-electron chi connectivity index (χ2n) is 14.3. The lowest BCUT2D eigenvalue weighted by molar-refractivity contribution is 0.707. The summed E-state index contributed by atoms with van der Waals surface area (Å²) in [7, 11) is 0.918. The van der Waals surface area contributed by atoms with Crippen LogP contribution in [0, 0.1) is 12.8 Å². The van der Waals surface area contributed by atoms with Crippen LogP contribution in [0.15, 0.2) is 156 Å². The van der Waals surface area contributed by atoms with E-state index in [0.29, 0.717) is 5.92 Å². The fourth-order valence-electron chi connectivity index (χ4n) is 8.57. The summed E-state index contributed by atoms with van der Waals surface area (Å²) in [6.45, 7) is 7.00. The van der Waals surface area contributed by atoms with Crippen molar-refractivity contribution in [3.63, 3.8) is 0 Å². The second-order valence-corrected chi connectivity index (χ2v) is 14.3. The van der Waals surface area contributed by atoms with Gasteiger partial charge in [0.2, 0.25) is 0 Å². The zero-order valence-electron chi connectivity index (χ0n) is 29.7. The van der Waals surface area contributed by atoms with Crippen LogP contribution in [-0.4, -0.2) is 11.8 Å². The molecule has 0 saturated carbocycles. The highest BCUT2D eigenvalue weighted by atomic mass is 15.2. The molecule has 0 radical (unpaired) electrons. The number of fused-ring (bicyclic) bond motifs is 4. The van der Waals surface area contributed by atoms with Crippen LogP contribution in [0.2, 0.25) is 0 Å². The monoisotopic (exact) mass is 659 g/mol. The molecule has 6 aromatic rings. The van der Waals surface area contributed by atoms with Crippen LogP contribution in [-0.2, 0) is 6.42 Å². The molecule has 1 N–H and O–H groups in total. The lowest BCUT2D eigenvalue weighted by Crippen LogP contribution is -2.27. The largest absolute Gasteiger partial charge is 0.355 e. The van der Waals surface area contributed by atoms with Crippen LogP contribution in [0.5, 0.6) is 0 Å². The van der Waals surface area contributed by atoms with E-state index in [9.17, 15) is 0 Å². The van der Waals surface area contributed by atoms with Gasteiger partial charge in [0.25, 0.3) is 0 Å². The molecule has 2 aliphatic carbocycles. The Bertz CT molecular complexity index is 2430. The maximum atomic E-state index is 3.86. The second kappa shape index (κ2) is 12.9. The molecule has 51 heavy (non-hydrogen) atoms. The average molecular weight is 660 g/mol. The van der Waals surface area contributed by atoms with E-state index >= 15 is 0 Å². The average Bonchev–Trinajstić information content (AvgIpc) is 3.49. The minimum Gasteiger partial charge on any atom is -0.355 e. The van der Waals surface area contributed by atoms with Gasteiger partial charge in [-0.05, 0) is 103 Å². The first-order chi connectivity index (χ1) is 25.1.